The first-order chi connectivity index (χ1) is 15.1. The summed E-state index contributed by atoms with van der Waals surface area (Å²) in [5, 5.41) is 11.5. The minimum atomic E-state index is 0. The highest BCUT2D eigenvalue weighted by atomic mass is 127. The maximum Gasteiger partial charge on any atom is 0.191 e. The van der Waals surface area contributed by atoms with Crippen molar-refractivity contribution >= 4 is 29.9 Å². The summed E-state index contributed by atoms with van der Waals surface area (Å²) in [7, 11) is 3.36. The number of aromatic nitrogens is 3. The van der Waals surface area contributed by atoms with Crippen molar-refractivity contribution in [1.82, 2.24) is 25.4 Å². The van der Waals surface area contributed by atoms with Crippen LogP contribution < -0.4 is 20.1 Å². The van der Waals surface area contributed by atoms with Crippen LogP contribution in [0, 0.1) is 0 Å². The fourth-order valence-corrected chi connectivity index (χ4v) is 4.14. The van der Waals surface area contributed by atoms with Crippen LogP contribution in [0.15, 0.2) is 17.1 Å². The molecule has 0 saturated carbocycles. The standard InChI is InChI=1S/C22H32N6O3.HI/c1-5-23-22(25-17-6-7-21-26-20(13-29-3)27-28(21)12-17)24-11-16-10-19-15(8-14(2)31-19)9-18(16)30-4;/h9-10,14,17H,5-8,11-13H2,1-4H3,(H2,23,24,25);1H. The van der Waals surface area contributed by atoms with Crippen LogP contribution in [0.4, 0.5) is 0 Å². The first-order valence-corrected chi connectivity index (χ1v) is 10.9. The van der Waals surface area contributed by atoms with E-state index in [1.165, 1.54) is 5.56 Å². The number of aliphatic imine (C=N–C) groups is 1. The number of aryl methyl sites for hydroxylation is 1. The van der Waals surface area contributed by atoms with Crippen molar-refractivity contribution in [3.8, 4) is 11.5 Å². The summed E-state index contributed by atoms with van der Waals surface area (Å²) in [6.07, 6.45) is 2.97. The Morgan fingerprint density at radius 2 is 2.19 bits per heavy atom. The van der Waals surface area contributed by atoms with Crippen LogP contribution >= 0.6 is 24.0 Å². The van der Waals surface area contributed by atoms with E-state index < -0.39 is 0 Å². The minimum Gasteiger partial charge on any atom is -0.496 e. The molecule has 2 aliphatic rings. The summed E-state index contributed by atoms with van der Waals surface area (Å²) < 4.78 is 18.7. The number of nitrogens with one attached hydrogen (secondary N) is 2. The molecule has 2 N–H and O–H groups in total. The molecule has 2 atom stereocenters. The SMILES string of the molecule is CCNC(=NCc1cc2c(cc1OC)CC(C)O2)NC1CCc2nc(COC)nn2C1.I. The molecule has 3 heterocycles. The first-order valence-electron chi connectivity index (χ1n) is 10.9. The number of benzene rings is 1. The van der Waals surface area contributed by atoms with Gasteiger partial charge in [0.1, 0.15) is 30.0 Å². The van der Waals surface area contributed by atoms with Gasteiger partial charge in [0.2, 0.25) is 0 Å². The van der Waals surface area contributed by atoms with E-state index in [1.54, 1.807) is 14.2 Å². The topological polar surface area (TPSA) is 94.8 Å². The molecule has 0 fully saturated rings. The van der Waals surface area contributed by atoms with Crippen molar-refractivity contribution in [3.05, 3.63) is 34.9 Å². The summed E-state index contributed by atoms with van der Waals surface area (Å²) >= 11 is 0. The number of fused-ring (bicyclic) bond motifs is 2. The van der Waals surface area contributed by atoms with E-state index in [4.69, 9.17) is 19.2 Å². The van der Waals surface area contributed by atoms with Gasteiger partial charge < -0.3 is 24.8 Å². The van der Waals surface area contributed by atoms with Crippen LogP contribution in [-0.2, 0) is 37.3 Å². The van der Waals surface area contributed by atoms with Gasteiger partial charge in [0.15, 0.2) is 11.8 Å². The van der Waals surface area contributed by atoms with Crippen molar-refractivity contribution < 1.29 is 14.2 Å². The molecule has 32 heavy (non-hydrogen) atoms. The lowest BCUT2D eigenvalue weighted by molar-refractivity contribution is 0.177. The predicted octanol–water partition coefficient (Wildman–Crippen LogP) is 2.44. The lowest BCUT2D eigenvalue weighted by Gasteiger charge is -2.25. The van der Waals surface area contributed by atoms with E-state index in [9.17, 15) is 0 Å². The molecule has 1 aromatic carbocycles. The number of methoxy groups -OCH3 is 2. The Bertz CT molecular complexity index is 948. The lowest BCUT2D eigenvalue weighted by atomic mass is 10.1. The fraction of sp³-hybridized carbons (Fsp3) is 0.591. The summed E-state index contributed by atoms with van der Waals surface area (Å²) in [5.74, 6) is 4.33. The van der Waals surface area contributed by atoms with Crippen LogP contribution in [0.5, 0.6) is 11.5 Å². The van der Waals surface area contributed by atoms with Gasteiger partial charge in [-0.05, 0) is 32.4 Å². The Balaban J connectivity index is 0.00000289. The quantitative estimate of drug-likeness (QED) is 0.308. The maximum absolute atomic E-state index is 5.92. The van der Waals surface area contributed by atoms with Gasteiger partial charge >= 0.3 is 0 Å². The van der Waals surface area contributed by atoms with Gasteiger partial charge in [-0.3, -0.25) is 0 Å². The van der Waals surface area contributed by atoms with E-state index in [2.05, 4.69) is 46.7 Å². The van der Waals surface area contributed by atoms with Gasteiger partial charge in [-0.2, -0.15) is 5.10 Å². The molecule has 2 aromatic rings. The van der Waals surface area contributed by atoms with Crippen molar-refractivity contribution in [2.75, 3.05) is 20.8 Å². The molecule has 176 valence electrons. The van der Waals surface area contributed by atoms with E-state index in [1.807, 2.05) is 4.68 Å². The molecular formula is C22H33IN6O3. The second kappa shape index (κ2) is 11.2. The zero-order valence-corrected chi connectivity index (χ0v) is 21.5. The Morgan fingerprint density at radius 1 is 1.34 bits per heavy atom. The first kappa shape index (κ1) is 24.6. The summed E-state index contributed by atoms with van der Waals surface area (Å²) in [4.78, 5) is 9.36. The van der Waals surface area contributed by atoms with Crippen LogP contribution in [-0.4, -0.2) is 53.6 Å². The molecule has 4 rings (SSSR count). The summed E-state index contributed by atoms with van der Waals surface area (Å²) in [6, 6.07) is 4.37. The van der Waals surface area contributed by atoms with Crippen LogP contribution in [0.25, 0.3) is 0 Å². The largest absolute Gasteiger partial charge is 0.496 e. The molecule has 0 saturated heterocycles. The number of rotatable bonds is 7. The van der Waals surface area contributed by atoms with Gasteiger partial charge in [-0.1, -0.05) is 0 Å². The van der Waals surface area contributed by atoms with Crippen LogP contribution in [0.3, 0.4) is 0 Å². The summed E-state index contributed by atoms with van der Waals surface area (Å²) in [6.45, 7) is 6.63. The zero-order chi connectivity index (χ0) is 21.8. The number of hydrogen-bond donors (Lipinski definition) is 2. The lowest BCUT2D eigenvalue weighted by Crippen LogP contribution is -2.47. The molecule has 1 aromatic heterocycles. The third-order valence-electron chi connectivity index (χ3n) is 5.57. The molecule has 2 aliphatic heterocycles. The smallest absolute Gasteiger partial charge is 0.191 e. The molecule has 0 bridgehead atoms. The highest BCUT2D eigenvalue weighted by molar-refractivity contribution is 14.0. The molecule has 2 unspecified atom stereocenters. The normalized spacial score (nSPS) is 19.4. The Kier molecular flexibility index (Phi) is 8.57. The van der Waals surface area contributed by atoms with E-state index >= 15 is 0 Å². The van der Waals surface area contributed by atoms with Crippen molar-refractivity contribution in [2.45, 2.75) is 65.0 Å². The number of nitrogens with zero attached hydrogens (tertiary/aromatic N) is 4. The highest BCUT2D eigenvalue weighted by Gasteiger charge is 2.23. The van der Waals surface area contributed by atoms with Gasteiger partial charge in [0.05, 0.1) is 20.2 Å². The second-order valence-electron chi connectivity index (χ2n) is 8.04. The average molecular weight is 556 g/mol. The maximum atomic E-state index is 5.92. The van der Waals surface area contributed by atoms with E-state index in [0.29, 0.717) is 13.2 Å². The molecule has 9 nitrogen and oxygen atoms in total. The van der Waals surface area contributed by atoms with E-state index in [-0.39, 0.29) is 36.1 Å². The minimum absolute atomic E-state index is 0. The second-order valence-corrected chi connectivity index (χ2v) is 8.04. The number of ether oxygens (including phenoxy) is 3. The monoisotopic (exact) mass is 556 g/mol. The van der Waals surface area contributed by atoms with E-state index in [0.717, 1.165) is 67.0 Å². The molecule has 0 aliphatic carbocycles. The van der Waals surface area contributed by atoms with Crippen molar-refractivity contribution in [3.63, 3.8) is 0 Å². The van der Waals surface area contributed by atoms with Crippen LogP contribution in [0.2, 0.25) is 0 Å². The average Bonchev–Trinajstić information content (AvgIpc) is 3.32. The van der Waals surface area contributed by atoms with Gasteiger partial charge in [0, 0.05) is 43.7 Å². The number of guanidine groups is 1. The third kappa shape index (κ3) is 5.64. The van der Waals surface area contributed by atoms with Crippen molar-refractivity contribution in [1.29, 1.82) is 0 Å². The Morgan fingerprint density at radius 3 is 2.94 bits per heavy atom. The Labute approximate surface area is 206 Å². The molecule has 0 amide bonds. The zero-order valence-electron chi connectivity index (χ0n) is 19.2. The molecular weight excluding hydrogens is 523 g/mol. The Hall–Kier alpha value is -2.08. The van der Waals surface area contributed by atoms with Gasteiger partial charge in [0.25, 0.3) is 0 Å². The molecule has 0 radical (unpaired) electrons. The third-order valence-corrected chi connectivity index (χ3v) is 5.57. The van der Waals surface area contributed by atoms with Crippen molar-refractivity contribution in [2.24, 2.45) is 4.99 Å². The fourth-order valence-electron chi connectivity index (χ4n) is 4.14. The molecule has 10 heteroatoms. The highest BCUT2D eigenvalue weighted by Crippen LogP contribution is 2.35. The van der Waals surface area contributed by atoms with Gasteiger partial charge in [-0.25, -0.2) is 14.7 Å². The molecule has 0 spiro atoms. The number of hydrogen-bond acceptors (Lipinski definition) is 6. The predicted molar refractivity (Wildman–Crippen MR) is 133 cm³/mol. The summed E-state index contributed by atoms with van der Waals surface area (Å²) in [5.41, 5.74) is 2.21. The number of halogens is 1. The van der Waals surface area contributed by atoms with Crippen LogP contribution in [0.1, 0.15) is 43.0 Å². The van der Waals surface area contributed by atoms with Gasteiger partial charge in [-0.15, -0.1) is 24.0 Å².